The van der Waals surface area contributed by atoms with Gasteiger partial charge < -0.3 is 9.47 Å². The summed E-state index contributed by atoms with van der Waals surface area (Å²) in [5, 5.41) is 4.82. The van der Waals surface area contributed by atoms with Gasteiger partial charge in [-0.3, -0.25) is 20.2 Å². The van der Waals surface area contributed by atoms with E-state index in [9.17, 15) is 9.59 Å². The Bertz CT molecular complexity index is 930. The Hall–Kier alpha value is -3.19. The average Bonchev–Trinajstić information content (AvgIpc) is 2.74. The van der Waals surface area contributed by atoms with Crippen LogP contribution in [0.25, 0.3) is 6.08 Å². The van der Waals surface area contributed by atoms with E-state index < -0.39 is 11.8 Å². The topological polar surface area (TPSA) is 76.7 Å². The van der Waals surface area contributed by atoms with Crippen LogP contribution in [0.5, 0.6) is 11.5 Å². The third-order valence-corrected chi connectivity index (χ3v) is 5.02. The van der Waals surface area contributed by atoms with Crippen molar-refractivity contribution in [3.63, 3.8) is 0 Å². The second kappa shape index (κ2) is 10.0. The first-order valence-electron chi connectivity index (χ1n) is 9.80. The quantitative estimate of drug-likeness (QED) is 0.293. The summed E-state index contributed by atoms with van der Waals surface area (Å²) in [4.78, 5) is 23.8. The highest BCUT2D eigenvalue weighted by atomic mass is 32.1. The predicted octanol–water partition coefficient (Wildman–Crippen LogP) is 3.57. The first kappa shape index (κ1) is 21.5. The number of thiocarbonyl (C=S) groups is 1. The van der Waals surface area contributed by atoms with Crippen LogP contribution < -0.4 is 20.1 Å². The maximum Gasteiger partial charge on any atom is 0.263 e. The smallest absolute Gasteiger partial charge is 0.263 e. The molecule has 30 heavy (non-hydrogen) atoms. The largest absolute Gasteiger partial charge is 0.490 e. The summed E-state index contributed by atoms with van der Waals surface area (Å²) >= 11 is 4.78. The molecule has 0 radical (unpaired) electrons. The van der Waals surface area contributed by atoms with Gasteiger partial charge in [0.2, 0.25) is 0 Å². The van der Waals surface area contributed by atoms with Crippen LogP contribution in [0.2, 0.25) is 0 Å². The lowest BCUT2D eigenvalue weighted by atomic mass is 9.99. The van der Waals surface area contributed by atoms with E-state index in [0.29, 0.717) is 30.4 Å². The minimum atomic E-state index is -0.515. The molecule has 1 saturated heterocycles. The van der Waals surface area contributed by atoms with Crippen molar-refractivity contribution < 1.29 is 19.1 Å². The van der Waals surface area contributed by atoms with Gasteiger partial charge in [-0.1, -0.05) is 38.1 Å². The third-order valence-electron chi connectivity index (χ3n) is 4.82. The fourth-order valence-electron chi connectivity index (χ4n) is 2.88. The Balaban J connectivity index is 1.48. The van der Waals surface area contributed by atoms with Gasteiger partial charge in [0, 0.05) is 0 Å². The van der Waals surface area contributed by atoms with Gasteiger partial charge in [-0.2, -0.15) is 0 Å². The molecule has 2 aromatic rings. The zero-order valence-corrected chi connectivity index (χ0v) is 17.8. The highest BCUT2D eigenvalue weighted by Crippen LogP contribution is 2.21. The van der Waals surface area contributed by atoms with E-state index in [1.165, 1.54) is 11.6 Å². The van der Waals surface area contributed by atoms with E-state index in [4.69, 9.17) is 21.7 Å². The fraction of sp³-hybridized carbons (Fsp3) is 0.261. The number of nitrogens with one attached hydrogen (secondary N) is 2. The van der Waals surface area contributed by atoms with Crippen LogP contribution in [0, 0.1) is 0 Å². The minimum absolute atomic E-state index is 0.00465. The Labute approximate surface area is 181 Å². The molecular formula is C23H24N2O4S. The van der Waals surface area contributed by atoms with Gasteiger partial charge in [0.1, 0.15) is 30.3 Å². The number of hydrogen-bond acceptors (Lipinski definition) is 5. The number of hydrogen-bond donors (Lipinski definition) is 2. The number of ether oxygens (including phenoxy) is 2. The normalized spacial score (nSPS) is 14.6. The summed E-state index contributed by atoms with van der Waals surface area (Å²) in [6, 6.07) is 15.2. The molecule has 0 bridgehead atoms. The number of carbonyl (C=O) groups excluding carboxylic acids is 2. The Morgan fingerprint density at radius 3 is 1.90 bits per heavy atom. The number of benzene rings is 2. The van der Waals surface area contributed by atoms with E-state index in [2.05, 4.69) is 36.6 Å². The van der Waals surface area contributed by atoms with Gasteiger partial charge in [0.15, 0.2) is 5.11 Å². The van der Waals surface area contributed by atoms with Crippen LogP contribution in [0.3, 0.4) is 0 Å². The lowest BCUT2D eigenvalue weighted by molar-refractivity contribution is -0.123. The highest BCUT2D eigenvalue weighted by Gasteiger charge is 2.25. The van der Waals surface area contributed by atoms with Crippen LogP contribution in [0.1, 0.15) is 37.3 Å². The molecule has 1 heterocycles. The van der Waals surface area contributed by atoms with Gasteiger partial charge in [-0.25, -0.2) is 0 Å². The Kier molecular flexibility index (Phi) is 7.19. The fourth-order valence-corrected chi connectivity index (χ4v) is 3.07. The molecule has 0 saturated carbocycles. The van der Waals surface area contributed by atoms with Gasteiger partial charge in [0.25, 0.3) is 11.8 Å². The molecule has 2 amide bonds. The average molecular weight is 425 g/mol. The summed E-state index contributed by atoms with van der Waals surface area (Å²) in [6.45, 7) is 5.21. The maximum atomic E-state index is 11.9. The molecule has 156 valence electrons. The summed E-state index contributed by atoms with van der Waals surface area (Å²) in [7, 11) is 0. The number of carbonyl (C=O) groups is 2. The van der Waals surface area contributed by atoms with E-state index in [1.807, 2.05) is 12.1 Å². The van der Waals surface area contributed by atoms with Gasteiger partial charge >= 0.3 is 0 Å². The van der Waals surface area contributed by atoms with Crippen LogP contribution in [-0.2, 0) is 9.59 Å². The van der Waals surface area contributed by atoms with Crippen molar-refractivity contribution in [2.75, 3.05) is 13.2 Å². The molecule has 1 atom stereocenters. The lowest BCUT2D eigenvalue weighted by Crippen LogP contribution is -2.51. The molecule has 0 aliphatic carbocycles. The third kappa shape index (κ3) is 5.67. The first-order chi connectivity index (χ1) is 14.5. The zero-order chi connectivity index (χ0) is 21.5. The van der Waals surface area contributed by atoms with Crippen molar-refractivity contribution in [2.24, 2.45) is 0 Å². The summed E-state index contributed by atoms with van der Waals surface area (Å²) in [5.41, 5.74) is 2.01. The number of rotatable bonds is 8. The van der Waals surface area contributed by atoms with Crippen LogP contribution >= 0.6 is 12.2 Å². The van der Waals surface area contributed by atoms with Crippen molar-refractivity contribution in [2.45, 2.75) is 26.2 Å². The molecule has 1 aliphatic rings. The van der Waals surface area contributed by atoms with Crippen LogP contribution in [0.15, 0.2) is 54.1 Å². The van der Waals surface area contributed by atoms with Crippen LogP contribution in [0.4, 0.5) is 0 Å². The van der Waals surface area contributed by atoms with E-state index in [-0.39, 0.29) is 10.7 Å². The van der Waals surface area contributed by atoms with Crippen molar-refractivity contribution in [1.29, 1.82) is 0 Å². The summed E-state index contributed by atoms with van der Waals surface area (Å²) in [5.74, 6) is 1.000. The van der Waals surface area contributed by atoms with Gasteiger partial charge in [-0.05, 0) is 66.0 Å². The van der Waals surface area contributed by atoms with Crippen molar-refractivity contribution in [1.82, 2.24) is 10.6 Å². The zero-order valence-electron chi connectivity index (χ0n) is 16.9. The monoisotopic (exact) mass is 424 g/mol. The molecule has 0 aromatic heterocycles. The second-order valence-corrected chi connectivity index (χ2v) is 7.35. The molecule has 3 rings (SSSR count). The van der Waals surface area contributed by atoms with Gasteiger partial charge in [-0.15, -0.1) is 0 Å². The molecule has 2 aromatic carbocycles. The van der Waals surface area contributed by atoms with Crippen molar-refractivity contribution in [3.05, 3.63) is 65.2 Å². The molecule has 6 nitrogen and oxygen atoms in total. The SMILES string of the molecule is CC[C@@H](C)c1ccc(OCCOc2ccc(C=C3C(=O)NC(=S)NC3=O)cc2)cc1. The molecular weight excluding hydrogens is 400 g/mol. The minimum Gasteiger partial charge on any atom is -0.490 e. The predicted molar refractivity (Wildman–Crippen MR) is 119 cm³/mol. The molecule has 0 unspecified atom stereocenters. The van der Waals surface area contributed by atoms with Gasteiger partial charge in [0.05, 0.1) is 0 Å². The van der Waals surface area contributed by atoms with Crippen molar-refractivity contribution >= 4 is 35.2 Å². The Morgan fingerprint density at radius 1 is 0.900 bits per heavy atom. The van der Waals surface area contributed by atoms with E-state index in [0.717, 1.165) is 12.2 Å². The standard InChI is InChI=1S/C23H24N2O4S/c1-3-15(2)17-6-10-19(11-7-17)29-13-12-28-18-8-4-16(5-9-18)14-20-21(26)24-23(30)25-22(20)27/h4-11,14-15H,3,12-13H2,1-2H3,(H2,24,25,26,27,30)/t15-/m1/s1. The summed E-state index contributed by atoms with van der Waals surface area (Å²) < 4.78 is 11.4. The number of amides is 2. The first-order valence-corrected chi connectivity index (χ1v) is 10.2. The van der Waals surface area contributed by atoms with E-state index >= 15 is 0 Å². The second-order valence-electron chi connectivity index (χ2n) is 6.94. The summed E-state index contributed by atoms with van der Waals surface area (Å²) in [6.07, 6.45) is 2.61. The van der Waals surface area contributed by atoms with Crippen LogP contribution in [-0.4, -0.2) is 30.1 Å². The van der Waals surface area contributed by atoms with Crippen molar-refractivity contribution in [3.8, 4) is 11.5 Å². The molecule has 2 N–H and O–H groups in total. The maximum absolute atomic E-state index is 11.9. The molecule has 1 aliphatic heterocycles. The molecule has 0 spiro atoms. The lowest BCUT2D eigenvalue weighted by Gasteiger charge is -2.16. The Morgan fingerprint density at radius 2 is 1.40 bits per heavy atom. The molecule has 7 heteroatoms. The molecule has 1 fully saturated rings. The van der Waals surface area contributed by atoms with E-state index in [1.54, 1.807) is 24.3 Å². The highest BCUT2D eigenvalue weighted by molar-refractivity contribution is 7.80.